The summed E-state index contributed by atoms with van der Waals surface area (Å²) in [4.78, 5) is 18.3. The molecule has 2 N–H and O–H groups in total. The molecule has 0 radical (unpaired) electrons. The standard InChI is InChI=1S/C13H20N2O4S/c1-4-11(5-2)14-13(16)10-6-8-12(9-7-10)20(17,18)15-19-3/h6-9,11,15H,4-5H2,1-3H3,(H,14,16). The Morgan fingerprint density at radius 1 is 1.20 bits per heavy atom. The highest BCUT2D eigenvalue weighted by Gasteiger charge is 2.15. The summed E-state index contributed by atoms with van der Waals surface area (Å²) in [5.41, 5.74) is 0.424. The van der Waals surface area contributed by atoms with Crippen LogP contribution in [-0.4, -0.2) is 27.5 Å². The minimum absolute atomic E-state index is 0.0402. The Hall–Kier alpha value is -1.44. The molecule has 1 aromatic rings. The van der Waals surface area contributed by atoms with Gasteiger partial charge in [-0.05, 0) is 37.1 Å². The molecule has 1 rings (SSSR count). The number of carbonyl (C=O) groups is 1. The molecule has 0 saturated carbocycles. The maximum atomic E-state index is 12.0. The van der Waals surface area contributed by atoms with Gasteiger partial charge in [0.05, 0.1) is 12.0 Å². The van der Waals surface area contributed by atoms with E-state index in [2.05, 4.69) is 10.2 Å². The van der Waals surface area contributed by atoms with Gasteiger partial charge in [-0.1, -0.05) is 18.7 Å². The maximum Gasteiger partial charge on any atom is 0.262 e. The Kier molecular flexibility index (Phi) is 6.12. The van der Waals surface area contributed by atoms with Crippen LogP contribution in [-0.2, 0) is 14.9 Å². The van der Waals surface area contributed by atoms with Crippen molar-refractivity contribution in [3.63, 3.8) is 0 Å². The van der Waals surface area contributed by atoms with E-state index in [0.29, 0.717) is 5.56 Å². The van der Waals surface area contributed by atoms with Crippen LogP contribution in [0.2, 0.25) is 0 Å². The van der Waals surface area contributed by atoms with Gasteiger partial charge in [-0.2, -0.15) is 0 Å². The molecule has 0 atom stereocenters. The Bertz CT molecular complexity index is 536. The van der Waals surface area contributed by atoms with E-state index in [9.17, 15) is 13.2 Å². The fraction of sp³-hybridized carbons (Fsp3) is 0.462. The lowest BCUT2D eigenvalue weighted by Gasteiger charge is -2.14. The lowest BCUT2D eigenvalue weighted by atomic mass is 10.1. The number of nitrogens with one attached hydrogen (secondary N) is 2. The zero-order chi connectivity index (χ0) is 15.2. The average Bonchev–Trinajstić information content (AvgIpc) is 2.44. The third kappa shape index (κ3) is 4.29. The molecule has 0 aliphatic heterocycles. The van der Waals surface area contributed by atoms with Crippen molar-refractivity contribution in [2.75, 3.05) is 7.11 Å². The van der Waals surface area contributed by atoms with Crippen LogP contribution in [0.1, 0.15) is 37.0 Å². The highest BCUT2D eigenvalue weighted by atomic mass is 32.2. The Morgan fingerprint density at radius 3 is 2.20 bits per heavy atom. The summed E-state index contributed by atoms with van der Waals surface area (Å²) in [6.45, 7) is 4.00. The minimum atomic E-state index is -3.69. The van der Waals surface area contributed by atoms with Crippen molar-refractivity contribution >= 4 is 15.9 Å². The van der Waals surface area contributed by atoms with Gasteiger partial charge in [-0.25, -0.2) is 8.42 Å². The third-order valence-electron chi connectivity index (χ3n) is 2.94. The minimum Gasteiger partial charge on any atom is -0.349 e. The van der Waals surface area contributed by atoms with Gasteiger partial charge in [0.15, 0.2) is 0 Å². The van der Waals surface area contributed by atoms with Crippen LogP contribution in [0.5, 0.6) is 0 Å². The largest absolute Gasteiger partial charge is 0.349 e. The molecule has 7 heteroatoms. The van der Waals surface area contributed by atoms with Gasteiger partial charge < -0.3 is 5.32 Å². The van der Waals surface area contributed by atoms with Crippen LogP contribution in [0, 0.1) is 0 Å². The van der Waals surface area contributed by atoms with Gasteiger partial charge in [-0.15, -0.1) is 0 Å². The third-order valence-corrected chi connectivity index (χ3v) is 4.22. The van der Waals surface area contributed by atoms with Crippen LogP contribution < -0.4 is 10.2 Å². The molecule has 112 valence electrons. The molecule has 0 spiro atoms. The van der Waals surface area contributed by atoms with Crippen LogP contribution in [0.25, 0.3) is 0 Å². The van der Waals surface area contributed by atoms with E-state index >= 15 is 0 Å². The van der Waals surface area contributed by atoms with E-state index in [-0.39, 0.29) is 16.8 Å². The predicted molar refractivity (Wildman–Crippen MR) is 75.6 cm³/mol. The van der Waals surface area contributed by atoms with Crippen molar-refractivity contribution in [3.05, 3.63) is 29.8 Å². The van der Waals surface area contributed by atoms with Crippen molar-refractivity contribution in [2.24, 2.45) is 0 Å². The van der Waals surface area contributed by atoms with Crippen LogP contribution in [0.15, 0.2) is 29.2 Å². The van der Waals surface area contributed by atoms with Crippen molar-refractivity contribution in [3.8, 4) is 0 Å². The van der Waals surface area contributed by atoms with Gasteiger partial charge in [0.25, 0.3) is 15.9 Å². The lowest BCUT2D eigenvalue weighted by molar-refractivity contribution is 0.0934. The molecule has 0 unspecified atom stereocenters. The molecule has 0 bridgehead atoms. The number of carbonyl (C=O) groups excluding carboxylic acids is 1. The van der Waals surface area contributed by atoms with Crippen molar-refractivity contribution in [2.45, 2.75) is 37.6 Å². The second kappa shape index (κ2) is 7.37. The van der Waals surface area contributed by atoms with Crippen molar-refractivity contribution in [1.82, 2.24) is 10.2 Å². The monoisotopic (exact) mass is 300 g/mol. The van der Waals surface area contributed by atoms with E-state index in [1.54, 1.807) is 0 Å². The quantitative estimate of drug-likeness (QED) is 0.746. The summed E-state index contributed by atoms with van der Waals surface area (Å²) in [6, 6.07) is 5.80. The summed E-state index contributed by atoms with van der Waals surface area (Å²) in [5, 5.41) is 2.89. The van der Waals surface area contributed by atoms with E-state index in [1.807, 2.05) is 18.7 Å². The van der Waals surface area contributed by atoms with Gasteiger partial charge in [-0.3, -0.25) is 9.63 Å². The molecule has 0 fully saturated rings. The molecule has 0 aromatic heterocycles. The van der Waals surface area contributed by atoms with Crippen LogP contribution in [0.4, 0.5) is 0 Å². The fourth-order valence-electron chi connectivity index (χ4n) is 1.70. The molecule has 0 aliphatic rings. The second-order valence-electron chi connectivity index (χ2n) is 4.30. The molecule has 1 aromatic carbocycles. The average molecular weight is 300 g/mol. The first-order valence-electron chi connectivity index (χ1n) is 6.40. The SMILES string of the molecule is CCC(CC)NC(=O)c1ccc(S(=O)(=O)NOC)cc1. The van der Waals surface area contributed by atoms with E-state index < -0.39 is 10.0 Å². The number of amides is 1. The number of rotatable bonds is 7. The molecule has 1 amide bonds. The molecule has 0 heterocycles. The Morgan fingerprint density at radius 2 is 1.75 bits per heavy atom. The topological polar surface area (TPSA) is 84.5 Å². The molecular formula is C13H20N2O4S. The normalized spacial score (nSPS) is 11.6. The molecule has 6 nitrogen and oxygen atoms in total. The van der Waals surface area contributed by atoms with E-state index in [1.165, 1.54) is 31.4 Å². The van der Waals surface area contributed by atoms with Crippen LogP contribution >= 0.6 is 0 Å². The number of sulfonamides is 1. The molecule has 20 heavy (non-hydrogen) atoms. The first-order chi connectivity index (χ1) is 9.44. The number of hydrogen-bond acceptors (Lipinski definition) is 4. The second-order valence-corrected chi connectivity index (χ2v) is 5.95. The number of hydrogen-bond donors (Lipinski definition) is 2. The summed E-state index contributed by atoms with van der Waals surface area (Å²) in [7, 11) is -2.47. The molecule has 0 saturated heterocycles. The van der Waals surface area contributed by atoms with E-state index in [0.717, 1.165) is 12.8 Å². The Balaban J connectivity index is 2.84. The fourth-order valence-corrected chi connectivity index (χ4v) is 2.51. The zero-order valence-corrected chi connectivity index (χ0v) is 12.7. The predicted octanol–water partition coefficient (Wildman–Crippen LogP) is 1.44. The summed E-state index contributed by atoms with van der Waals surface area (Å²) < 4.78 is 23.3. The van der Waals surface area contributed by atoms with Gasteiger partial charge in [0.2, 0.25) is 0 Å². The molecular weight excluding hydrogens is 280 g/mol. The maximum absolute atomic E-state index is 12.0. The highest BCUT2D eigenvalue weighted by molar-refractivity contribution is 7.89. The smallest absolute Gasteiger partial charge is 0.262 e. The first-order valence-corrected chi connectivity index (χ1v) is 7.88. The molecule has 0 aliphatic carbocycles. The Labute approximate surface area is 119 Å². The van der Waals surface area contributed by atoms with Gasteiger partial charge >= 0.3 is 0 Å². The van der Waals surface area contributed by atoms with Crippen molar-refractivity contribution in [1.29, 1.82) is 0 Å². The van der Waals surface area contributed by atoms with Gasteiger partial charge in [0.1, 0.15) is 0 Å². The summed E-state index contributed by atoms with van der Waals surface area (Å²) in [6.07, 6.45) is 1.71. The highest BCUT2D eigenvalue weighted by Crippen LogP contribution is 2.11. The van der Waals surface area contributed by atoms with Crippen molar-refractivity contribution < 1.29 is 18.0 Å². The lowest BCUT2D eigenvalue weighted by Crippen LogP contribution is -2.33. The van der Waals surface area contributed by atoms with Gasteiger partial charge in [0, 0.05) is 11.6 Å². The van der Waals surface area contributed by atoms with Crippen LogP contribution in [0.3, 0.4) is 0 Å². The zero-order valence-electron chi connectivity index (χ0n) is 11.8. The summed E-state index contributed by atoms with van der Waals surface area (Å²) in [5.74, 6) is -0.206. The van der Waals surface area contributed by atoms with E-state index in [4.69, 9.17) is 0 Å². The summed E-state index contributed by atoms with van der Waals surface area (Å²) >= 11 is 0. The number of benzene rings is 1. The first kappa shape index (κ1) is 16.6.